The van der Waals surface area contributed by atoms with Crippen LogP contribution >= 0.6 is 0 Å². The van der Waals surface area contributed by atoms with Crippen LogP contribution in [0.4, 0.5) is 4.39 Å². The van der Waals surface area contributed by atoms with Gasteiger partial charge in [-0.15, -0.1) is 0 Å². The van der Waals surface area contributed by atoms with Crippen LogP contribution in [-0.4, -0.2) is 29.7 Å². The highest BCUT2D eigenvalue weighted by Crippen LogP contribution is 2.36. The predicted octanol–water partition coefficient (Wildman–Crippen LogP) is 4.92. The maximum atomic E-state index is 14.3. The van der Waals surface area contributed by atoms with Gasteiger partial charge in [-0.3, -0.25) is 4.98 Å². The van der Waals surface area contributed by atoms with E-state index in [4.69, 9.17) is 9.72 Å². The molecule has 1 aliphatic rings. The lowest BCUT2D eigenvalue weighted by molar-refractivity contribution is 0.386. The molecule has 2 aromatic carbocycles. The average molecular weight is 404 g/mol. The molecule has 0 saturated carbocycles. The van der Waals surface area contributed by atoms with E-state index in [2.05, 4.69) is 41.5 Å². The first-order chi connectivity index (χ1) is 14.7. The minimum Gasteiger partial charge on any atom is -0.494 e. The van der Waals surface area contributed by atoms with Crippen LogP contribution < -0.4 is 10.1 Å². The number of nitrogens with zero attached hydrogens (tertiary/aromatic N) is 1. The summed E-state index contributed by atoms with van der Waals surface area (Å²) in [4.78, 5) is 8.69. The lowest BCUT2D eigenvalue weighted by Crippen LogP contribution is -2.34. The van der Waals surface area contributed by atoms with Crippen molar-refractivity contribution in [1.82, 2.24) is 15.3 Å². The van der Waals surface area contributed by atoms with E-state index in [0.29, 0.717) is 12.5 Å². The third-order valence-corrected chi connectivity index (χ3v) is 6.18. The normalized spacial score (nSPS) is 16.2. The SMILES string of the molecule is CCNC1CCc2nc(Cc3ccc(OC)c(F)c3)c3[nH]c4ccccc4c3c2C1. The molecule has 4 nitrogen and oxygen atoms in total. The number of aryl methyl sites for hydroxylation is 1. The van der Waals surface area contributed by atoms with Crippen molar-refractivity contribution >= 4 is 21.8 Å². The van der Waals surface area contributed by atoms with E-state index >= 15 is 0 Å². The number of likely N-dealkylation sites (N-methyl/N-ethyl adjacent to an activating group) is 1. The third-order valence-electron chi connectivity index (χ3n) is 6.18. The Hall–Kier alpha value is -2.92. The maximum absolute atomic E-state index is 14.3. The van der Waals surface area contributed by atoms with E-state index in [1.807, 2.05) is 6.07 Å². The first-order valence-electron chi connectivity index (χ1n) is 10.6. The highest BCUT2D eigenvalue weighted by molar-refractivity contribution is 6.10. The Kier molecular flexibility index (Phi) is 4.91. The zero-order valence-corrected chi connectivity index (χ0v) is 17.4. The Labute approximate surface area is 175 Å². The van der Waals surface area contributed by atoms with Crippen LogP contribution in [0.15, 0.2) is 42.5 Å². The van der Waals surface area contributed by atoms with Gasteiger partial charge in [-0.05, 0) is 55.1 Å². The molecule has 2 heterocycles. The van der Waals surface area contributed by atoms with E-state index in [1.54, 1.807) is 12.1 Å². The molecule has 4 aromatic rings. The molecule has 5 rings (SSSR count). The average Bonchev–Trinajstić information content (AvgIpc) is 3.15. The van der Waals surface area contributed by atoms with Crippen molar-refractivity contribution in [1.29, 1.82) is 0 Å². The van der Waals surface area contributed by atoms with Crippen LogP contribution in [0.1, 0.15) is 35.9 Å². The number of benzene rings is 2. The van der Waals surface area contributed by atoms with Crippen LogP contribution in [0.25, 0.3) is 21.8 Å². The van der Waals surface area contributed by atoms with Crippen LogP contribution in [0.5, 0.6) is 5.75 Å². The lowest BCUT2D eigenvalue weighted by atomic mass is 9.88. The number of pyridine rings is 1. The minimum absolute atomic E-state index is 0.266. The molecule has 0 aliphatic heterocycles. The third kappa shape index (κ3) is 3.23. The molecular formula is C25H26FN3O. The summed E-state index contributed by atoms with van der Waals surface area (Å²) in [5, 5.41) is 6.13. The van der Waals surface area contributed by atoms with Crippen LogP contribution in [0.2, 0.25) is 0 Å². The molecule has 0 amide bonds. The smallest absolute Gasteiger partial charge is 0.165 e. The molecule has 2 N–H and O–H groups in total. The number of para-hydroxylation sites is 1. The zero-order valence-electron chi connectivity index (χ0n) is 17.4. The molecule has 1 aliphatic carbocycles. The van der Waals surface area contributed by atoms with E-state index in [1.165, 1.54) is 29.1 Å². The van der Waals surface area contributed by atoms with Crippen molar-refractivity contribution < 1.29 is 9.13 Å². The second kappa shape index (κ2) is 7.73. The van der Waals surface area contributed by atoms with Crippen LogP contribution in [0.3, 0.4) is 0 Å². The van der Waals surface area contributed by atoms with Crippen LogP contribution in [0, 0.1) is 5.82 Å². The second-order valence-corrected chi connectivity index (χ2v) is 8.05. The quantitative estimate of drug-likeness (QED) is 0.497. The van der Waals surface area contributed by atoms with E-state index in [0.717, 1.165) is 48.1 Å². The predicted molar refractivity (Wildman–Crippen MR) is 119 cm³/mol. The Morgan fingerprint density at radius 2 is 2.10 bits per heavy atom. The van der Waals surface area contributed by atoms with Gasteiger partial charge in [-0.1, -0.05) is 31.2 Å². The standard InChI is InChI=1S/C25H26FN3O/c1-3-27-16-9-10-21-18(14-16)24-17-6-4-5-7-20(17)29-25(24)22(28-21)13-15-8-11-23(30-2)19(26)12-15/h4-8,11-12,16,27,29H,3,9-10,13-14H2,1-2H3. The number of aromatic nitrogens is 2. The molecule has 154 valence electrons. The zero-order chi connectivity index (χ0) is 20.7. The number of aromatic amines is 1. The summed E-state index contributed by atoms with van der Waals surface area (Å²) in [6.45, 7) is 3.14. The van der Waals surface area contributed by atoms with Crippen molar-refractivity contribution in [2.24, 2.45) is 0 Å². The number of H-pyrrole nitrogens is 1. The van der Waals surface area contributed by atoms with Gasteiger partial charge in [0.25, 0.3) is 0 Å². The van der Waals surface area contributed by atoms with Gasteiger partial charge in [0.05, 0.1) is 18.3 Å². The lowest BCUT2D eigenvalue weighted by Gasteiger charge is -2.26. The number of halogens is 1. The number of hydrogen-bond acceptors (Lipinski definition) is 3. The molecule has 5 heteroatoms. The summed E-state index contributed by atoms with van der Waals surface area (Å²) >= 11 is 0. The molecule has 0 fully saturated rings. The fourth-order valence-corrected chi connectivity index (χ4v) is 4.79. The fraction of sp³-hybridized carbons (Fsp3) is 0.320. The Morgan fingerprint density at radius 3 is 2.90 bits per heavy atom. The van der Waals surface area contributed by atoms with Crippen LogP contribution in [-0.2, 0) is 19.3 Å². The molecule has 0 bridgehead atoms. The van der Waals surface area contributed by atoms with Gasteiger partial charge in [-0.25, -0.2) is 4.39 Å². The highest BCUT2D eigenvalue weighted by Gasteiger charge is 2.25. The van der Waals surface area contributed by atoms with E-state index < -0.39 is 0 Å². The first-order valence-corrected chi connectivity index (χ1v) is 10.6. The summed E-state index contributed by atoms with van der Waals surface area (Å²) in [6, 6.07) is 14.1. The molecule has 0 saturated heterocycles. The molecule has 0 radical (unpaired) electrons. The fourth-order valence-electron chi connectivity index (χ4n) is 4.79. The molecule has 1 atom stereocenters. The van der Waals surface area contributed by atoms with Crippen molar-refractivity contribution in [2.75, 3.05) is 13.7 Å². The Morgan fingerprint density at radius 1 is 1.23 bits per heavy atom. The summed E-state index contributed by atoms with van der Waals surface area (Å²) < 4.78 is 19.3. The van der Waals surface area contributed by atoms with Crippen molar-refractivity contribution in [3.8, 4) is 5.75 Å². The molecule has 1 unspecified atom stereocenters. The number of rotatable bonds is 5. The van der Waals surface area contributed by atoms with E-state index in [-0.39, 0.29) is 11.6 Å². The number of fused-ring (bicyclic) bond motifs is 5. The highest BCUT2D eigenvalue weighted by atomic mass is 19.1. The van der Waals surface area contributed by atoms with Gasteiger partial charge in [0, 0.05) is 34.4 Å². The van der Waals surface area contributed by atoms with E-state index in [9.17, 15) is 4.39 Å². The number of methoxy groups -OCH3 is 1. The summed E-state index contributed by atoms with van der Waals surface area (Å²) in [6.07, 6.45) is 3.63. The van der Waals surface area contributed by atoms with Gasteiger partial charge >= 0.3 is 0 Å². The number of nitrogens with one attached hydrogen (secondary N) is 2. The topological polar surface area (TPSA) is 49.9 Å². The van der Waals surface area contributed by atoms with Gasteiger partial charge in [0.2, 0.25) is 0 Å². The maximum Gasteiger partial charge on any atom is 0.165 e. The van der Waals surface area contributed by atoms with Crippen molar-refractivity contribution in [2.45, 2.75) is 38.6 Å². The monoisotopic (exact) mass is 403 g/mol. The Bertz CT molecular complexity index is 1230. The van der Waals surface area contributed by atoms with Gasteiger partial charge in [-0.2, -0.15) is 0 Å². The number of hydrogen-bond donors (Lipinski definition) is 2. The van der Waals surface area contributed by atoms with Gasteiger partial charge in [0.15, 0.2) is 11.6 Å². The first kappa shape index (κ1) is 19.1. The van der Waals surface area contributed by atoms with Crippen molar-refractivity contribution in [3.63, 3.8) is 0 Å². The summed E-state index contributed by atoms with van der Waals surface area (Å²) in [5.41, 5.74) is 6.60. The minimum atomic E-state index is -0.339. The van der Waals surface area contributed by atoms with Gasteiger partial charge < -0.3 is 15.0 Å². The summed E-state index contributed by atoms with van der Waals surface area (Å²) in [5.74, 6) is -0.0725. The van der Waals surface area contributed by atoms with Crippen molar-refractivity contribution in [3.05, 3.63) is 70.8 Å². The second-order valence-electron chi connectivity index (χ2n) is 8.05. The molecule has 30 heavy (non-hydrogen) atoms. The Balaban J connectivity index is 1.66. The largest absolute Gasteiger partial charge is 0.494 e. The van der Waals surface area contributed by atoms with Gasteiger partial charge in [0.1, 0.15) is 0 Å². The number of ether oxygens (including phenoxy) is 1. The molecule has 0 spiro atoms. The summed E-state index contributed by atoms with van der Waals surface area (Å²) in [7, 11) is 1.48. The molecular weight excluding hydrogens is 377 g/mol. The molecule has 2 aromatic heterocycles.